The van der Waals surface area contributed by atoms with Crippen molar-refractivity contribution < 1.29 is 23.1 Å². The van der Waals surface area contributed by atoms with Crippen LogP contribution in [-0.2, 0) is 16.4 Å². The van der Waals surface area contributed by atoms with Gasteiger partial charge in [0, 0.05) is 5.41 Å². The van der Waals surface area contributed by atoms with Gasteiger partial charge in [-0.1, -0.05) is 30.3 Å². The van der Waals surface area contributed by atoms with Gasteiger partial charge >= 0.3 is 12.1 Å². The van der Waals surface area contributed by atoms with Crippen molar-refractivity contribution in [1.82, 2.24) is 0 Å². The molecule has 2 nitrogen and oxygen atoms in total. The fraction of sp³-hybridized carbons (Fsp3) is 0.235. The maximum Gasteiger partial charge on any atom is 0.416 e. The molecule has 1 saturated carbocycles. The van der Waals surface area contributed by atoms with E-state index in [0.717, 1.165) is 23.3 Å². The molecule has 112 valence electrons. The highest BCUT2D eigenvalue weighted by Crippen LogP contribution is 2.66. The Bertz CT molecular complexity index is 810. The lowest BCUT2D eigenvalue weighted by Crippen LogP contribution is -2.15. The molecule has 2 aliphatic rings. The van der Waals surface area contributed by atoms with Crippen LogP contribution in [-0.4, -0.2) is 11.1 Å². The van der Waals surface area contributed by atoms with Gasteiger partial charge in [0.2, 0.25) is 0 Å². The second-order valence-corrected chi connectivity index (χ2v) is 5.87. The molecule has 2 atom stereocenters. The van der Waals surface area contributed by atoms with E-state index in [1.165, 1.54) is 6.07 Å². The van der Waals surface area contributed by atoms with Crippen molar-refractivity contribution in [2.24, 2.45) is 5.92 Å². The van der Waals surface area contributed by atoms with Gasteiger partial charge in [-0.25, -0.2) is 0 Å². The first kappa shape index (κ1) is 13.4. The summed E-state index contributed by atoms with van der Waals surface area (Å²) >= 11 is 0. The Morgan fingerprint density at radius 1 is 1.09 bits per heavy atom. The molecule has 2 unspecified atom stereocenters. The summed E-state index contributed by atoms with van der Waals surface area (Å²) in [5, 5.41) is 9.34. The van der Waals surface area contributed by atoms with Gasteiger partial charge in [0.15, 0.2) is 0 Å². The van der Waals surface area contributed by atoms with Gasteiger partial charge in [-0.05, 0) is 40.8 Å². The number of alkyl halides is 3. The van der Waals surface area contributed by atoms with Crippen LogP contribution in [0.5, 0.6) is 0 Å². The van der Waals surface area contributed by atoms with Crippen LogP contribution in [0.1, 0.15) is 23.1 Å². The predicted molar refractivity (Wildman–Crippen MR) is 73.4 cm³/mol. The van der Waals surface area contributed by atoms with E-state index in [0.29, 0.717) is 17.5 Å². The first-order valence-electron chi connectivity index (χ1n) is 6.90. The van der Waals surface area contributed by atoms with Crippen LogP contribution < -0.4 is 0 Å². The van der Waals surface area contributed by atoms with Crippen LogP contribution in [0, 0.1) is 5.92 Å². The minimum absolute atomic E-state index is 0.355. The molecule has 0 bridgehead atoms. The number of fused-ring (bicyclic) bond motifs is 5. The molecule has 1 fully saturated rings. The van der Waals surface area contributed by atoms with Crippen molar-refractivity contribution in [1.29, 1.82) is 0 Å². The lowest BCUT2D eigenvalue weighted by molar-refractivity contribution is -0.139. The number of benzene rings is 2. The number of carboxylic acid groups (broad SMARTS) is 1. The fourth-order valence-corrected chi connectivity index (χ4v) is 3.73. The molecule has 1 N–H and O–H groups in total. The largest absolute Gasteiger partial charge is 0.481 e. The lowest BCUT2D eigenvalue weighted by Gasteiger charge is -2.14. The van der Waals surface area contributed by atoms with Gasteiger partial charge in [-0.2, -0.15) is 13.2 Å². The SMILES string of the molecule is O=C(O)C1CC12c1ccccc1-c1ccc(C(F)(F)F)cc12. The highest BCUT2D eigenvalue weighted by atomic mass is 19.4. The molecule has 0 radical (unpaired) electrons. The molecule has 0 aliphatic heterocycles. The van der Waals surface area contributed by atoms with Crippen molar-refractivity contribution in [3.63, 3.8) is 0 Å². The fourth-order valence-electron chi connectivity index (χ4n) is 3.73. The van der Waals surface area contributed by atoms with Gasteiger partial charge < -0.3 is 5.11 Å². The number of aliphatic carboxylic acids is 1. The molecule has 2 aromatic rings. The van der Waals surface area contributed by atoms with Gasteiger partial charge in [0.05, 0.1) is 11.5 Å². The summed E-state index contributed by atoms with van der Waals surface area (Å²) in [6, 6.07) is 10.9. The highest BCUT2D eigenvalue weighted by Gasteiger charge is 2.64. The van der Waals surface area contributed by atoms with E-state index < -0.39 is 29.0 Å². The van der Waals surface area contributed by atoms with Crippen LogP contribution in [0.15, 0.2) is 42.5 Å². The van der Waals surface area contributed by atoms with Crippen molar-refractivity contribution >= 4 is 5.97 Å². The Labute approximate surface area is 124 Å². The van der Waals surface area contributed by atoms with Crippen molar-refractivity contribution in [2.45, 2.75) is 18.0 Å². The van der Waals surface area contributed by atoms with Gasteiger partial charge in [-0.15, -0.1) is 0 Å². The Morgan fingerprint density at radius 2 is 1.77 bits per heavy atom. The Hall–Kier alpha value is -2.30. The van der Waals surface area contributed by atoms with Crippen molar-refractivity contribution in [3.05, 3.63) is 59.2 Å². The van der Waals surface area contributed by atoms with Crippen LogP contribution in [0.4, 0.5) is 13.2 Å². The van der Waals surface area contributed by atoms with Gasteiger partial charge in [0.1, 0.15) is 0 Å². The van der Waals surface area contributed by atoms with Gasteiger partial charge in [0.25, 0.3) is 0 Å². The van der Waals surface area contributed by atoms with E-state index in [-0.39, 0.29) is 0 Å². The second-order valence-electron chi connectivity index (χ2n) is 5.87. The summed E-state index contributed by atoms with van der Waals surface area (Å²) in [5.74, 6) is -1.61. The third-order valence-corrected chi connectivity index (χ3v) is 4.78. The molecule has 0 aromatic heterocycles. The van der Waals surface area contributed by atoms with E-state index in [1.807, 2.05) is 18.2 Å². The molecule has 0 amide bonds. The van der Waals surface area contributed by atoms with Crippen LogP contribution in [0.25, 0.3) is 11.1 Å². The molecular weight excluding hydrogens is 293 g/mol. The zero-order chi connectivity index (χ0) is 15.7. The Balaban J connectivity index is 1.98. The van der Waals surface area contributed by atoms with Crippen molar-refractivity contribution in [2.75, 3.05) is 0 Å². The Morgan fingerprint density at radius 3 is 2.41 bits per heavy atom. The molecule has 4 rings (SSSR count). The average Bonchev–Trinajstić information content (AvgIpc) is 3.16. The second kappa shape index (κ2) is 3.91. The number of hydrogen-bond donors (Lipinski definition) is 1. The predicted octanol–water partition coefficient (Wildman–Crippen LogP) is 4.08. The molecule has 2 aromatic carbocycles. The Kier molecular flexibility index (Phi) is 2.38. The normalized spacial score (nSPS) is 25.0. The zero-order valence-electron chi connectivity index (χ0n) is 11.3. The first-order chi connectivity index (χ1) is 10.4. The first-order valence-corrected chi connectivity index (χ1v) is 6.90. The molecule has 5 heteroatoms. The van der Waals surface area contributed by atoms with E-state index in [9.17, 15) is 23.1 Å². The number of carbonyl (C=O) groups is 1. The van der Waals surface area contributed by atoms with E-state index in [1.54, 1.807) is 6.07 Å². The molecule has 2 aliphatic carbocycles. The maximum absolute atomic E-state index is 13.0. The molecule has 1 spiro atoms. The summed E-state index contributed by atoms with van der Waals surface area (Å²) in [4.78, 5) is 11.4. The lowest BCUT2D eigenvalue weighted by atomic mass is 9.90. The van der Waals surface area contributed by atoms with E-state index in [2.05, 4.69) is 0 Å². The minimum atomic E-state index is -4.43. The average molecular weight is 304 g/mol. The number of hydrogen-bond acceptors (Lipinski definition) is 1. The molecular formula is C17H11F3O2. The van der Waals surface area contributed by atoms with Crippen LogP contribution in [0.2, 0.25) is 0 Å². The number of carboxylic acids is 1. The summed E-state index contributed by atoms with van der Waals surface area (Å²) in [7, 11) is 0. The minimum Gasteiger partial charge on any atom is -0.481 e. The topological polar surface area (TPSA) is 37.3 Å². The standard InChI is InChI=1S/C17H11F3O2/c18-17(19,20)9-5-6-11-10-3-1-2-4-12(10)16(13(11)7-9)8-14(16)15(21)22/h1-7,14H,8H2,(H,21,22). The van der Waals surface area contributed by atoms with Crippen LogP contribution in [0.3, 0.4) is 0 Å². The number of rotatable bonds is 1. The molecule has 0 heterocycles. The summed E-state index contributed by atoms with van der Waals surface area (Å²) in [6.07, 6.45) is -4.08. The van der Waals surface area contributed by atoms with Crippen molar-refractivity contribution in [3.8, 4) is 11.1 Å². The monoisotopic (exact) mass is 304 g/mol. The highest BCUT2D eigenvalue weighted by molar-refractivity contribution is 5.90. The molecule has 22 heavy (non-hydrogen) atoms. The third-order valence-electron chi connectivity index (χ3n) is 4.78. The summed E-state index contributed by atoms with van der Waals surface area (Å²) in [6.45, 7) is 0. The summed E-state index contributed by atoms with van der Waals surface area (Å²) in [5.41, 5.74) is 1.36. The third kappa shape index (κ3) is 1.54. The number of halogens is 3. The van der Waals surface area contributed by atoms with E-state index >= 15 is 0 Å². The quantitative estimate of drug-likeness (QED) is 0.862. The maximum atomic E-state index is 13.0. The van der Waals surface area contributed by atoms with E-state index in [4.69, 9.17) is 0 Å². The van der Waals surface area contributed by atoms with Crippen LogP contribution >= 0.6 is 0 Å². The molecule has 0 saturated heterocycles. The smallest absolute Gasteiger partial charge is 0.416 e. The van der Waals surface area contributed by atoms with Gasteiger partial charge in [-0.3, -0.25) is 4.79 Å². The summed E-state index contributed by atoms with van der Waals surface area (Å²) < 4.78 is 39.0. The zero-order valence-corrected chi connectivity index (χ0v) is 11.3.